The molecule has 1 atom stereocenters. The molecule has 1 N–H and O–H groups in total. The normalized spacial score (nSPS) is 12.6. The number of esters is 1. The molecule has 1 aromatic carbocycles. The Morgan fingerprint density at radius 2 is 1.57 bits per heavy atom. The number of alkyl carbamates (subject to hydrolysis) is 1. The second kappa shape index (κ2) is 10.1. The van der Waals surface area contributed by atoms with Crippen LogP contribution in [0.3, 0.4) is 0 Å². The molecule has 0 radical (unpaired) electrons. The van der Waals surface area contributed by atoms with Crippen LogP contribution in [0, 0.1) is 0 Å². The Hall–Kier alpha value is -2.61. The molecule has 0 saturated heterocycles. The van der Waals surface area contributed by atoms with Gasteiger partial charge in [0.25, 0.3) is 0 Å². The van der Waals surface area contributed by atoms with Gasteiger partial charge in [-0.1, -0.05) is 30.3 Å². The summed E-state index contributed by atoms with van der Waals surface area (Å²) in [7, 11) is 0. The van der Waals surface area contributed by atoms with E-state index in [4.69, 9.17) is 19.2 Å². The van der Waals surface area contributed by atoms with Gasteiger partial charge in [0.2, 0.25) is 0 Å². The number of benzene rings is 1. The summed E-state index contributed by atoms with van der Waals surface area (Å²) in [6.45, 7) is 10.1. The zero-order chi connectivity index (χ0) is 21.4. The molecule has 1 amide bonds. The molecule has 0 fully saturated rings. The van der Waals surface area contributed by atoms with Crippen LogP contribution in [0.2, 0.25) is 0 Å². The van der Waals surface area contributed by atoms with E-state index in [2.05, 4.69) is 5.32 Å². The van der Waals surface area contributed by atoms with Crippen molar-refractivity contribution in [1.82, 2.24) is 5.32 Å². The van der Waals surface area contributed by atoms with E-state index in [0.717, 1.165) is 5.56 Å². The molecule has 0 aromatic heterocycles. The lowest BCUT2D eigenvalue weighted by Gasteiger charge is -2.23. The van der Waals surface area contributed by atoms with Crippen LogP contribution in [0.25, 0.3) is 0 Å². The fourth-order valence-electron chi connectivity index (χ4n) is 1.84. The summed E-state index contributed by atoms with van der Waals surface area (Å²) < 4.78 is 10.3. The van der Waals surface area contributed by atoms with Crippen LogP contribution in [0.1, 0.15) is 53.5 Å². The number of amides is 1. The van der Waals surface area contributed by atoms with E-state index < -0.39 is 41.7 Å². The number of carbonyl (C=O) groups excluding carboxylic acids is 3. The highest BCUT2D eigenvalue weighted by Gasteiger charge is 2.29. The van der Waals surface area contributed by atoms with Gasteiger partial charge in [-0.25, -0.2) is 14.4 Å². The predicted octanol–water partition coefficient (Wildman–Crippen LogP) is 3.29. The minimum Gasteiger partial charge on any atom is -0.459 e. The summed E-state index contributed by atoms with van der Waals surface area (Å²) in [5.41, 5.74) is -0.707. The van der Waals surface area contributed by atoms with Gasteiger partial charge in [0.15, 0.2) is 0 Å². The van der Waals surface area contributed by atoms with Crippen molar-refractivity contribution in [3.8, 4) is 0 Å². The first kappa shape index (κ1) is 23.4. The first-order valence-corrected chi connectivity index (χ1v) is 8.94. The van der Waals surface area contributed by atoms with Gasteiger partial charge in [-0.05, 0) is 47.1 Å². The summed E-state index contributed by atoms with van der Waals surface area (Å²) in [4.78, 5) is 46.1. The second-order valence-electron chi connectivity index (χ2n) is 8.15. The van der Waals surface area contributed by atoms with Gasteiger partial charge in [0.1, 0.15) is 23.9 Å². The van der Waals surface area contributed by atoms with Crippen molar-refractivity contribution in [2.24, 2.45) is 0 Å². The largest absolute Gasteiger partial charge is 0.459 e. The average Bonchev–Trinajstić information content (AvgIpc) is 2.56. The van der Waals surface area contributed by atoms with Crippen molar-refractivity contribution in [3.63, 3.8) is 0 Å². The number of nitrogens with one attached hydrogen (secondary N) is 1. The molecule has 8 heteroatoms. The number of hydrogen-bond acceptors (Lipinski definition) is 7. The SMILES string of the molecule is CC(C)(C)OOC(=O)C[C@H](NC(=O)OC(C)(C)C)C(=O)OCc1ccccc1. The van der Waals surface area contributed by atoms with Crippen LogP contribution in [-0.4, -0.2) is 35.3 Å². The molecule has 0 spiro atoms. The van der Waals surface area contributed by atoms with Crippen LogP contribution < -0.4 is 5.32 Å². The summed E-state index contributed by atoms with van der Waals surface area (Å²) in [6.07, 6.45) is -1.32. The lowest BCUT2D eigenvalue weighted by molar-refractivity contribution is -0.320. The highest BCUT2D eigenvalue weighted by Crippen LogP contribution is 2.11. The maximum atomic E-state index is 12.4. The van der Waals surface area contributed by atoms with Gasteiger partial charge in [-0.15, -0.1) is 0 Å². The van der Waals surface area contributed by atoms with Crippen molar-refractivity contribution in [2.75, 3.05) is 0 Å². The van der Waals surface area contributed by atoms with Crippen molar-refractivity contribution in [1.29, 1.82) is 0 Å². The van der Waals surface area contributed by atoms with E-state index >= 15 is 0 Å². The zero-order valence-corrected chi connectivity index (χ0v) is 17.2. The molecule has 0 aliphatic carbocycles. The predicted molar refractivity (Wildman–Crippen MR) is 101 cm³/mol. The van der Waals surface area contributed by atoms with Crippen molar-refractivity contribution >= 4 is 18.0 Å². The molecule has 0 saturated carbocycles. The first-order valence-electron chi connectivity index (χ1n) is 8.94. The molecule has 0 heterocycles. The van der Waals surface area contributed by atoms with Crippen LogP contribution in [-0.2, 0) is 35.4 Å². The maximum absolute atomic E-state index is 12.4. The Morgan fingerprint density at radius 1 is 0.964 bits per heavy atom. The van der Waals surface area contributed by atoms with Crippen LogP contribution in [0.4, 0.5) is 4.79 Å². The van der Waals surface area contributed by atoms with Gasteiger partial charge in [-0.3, -0.25) is 4.89 Å². The van der Waals surface area contributed by atoms with Crippen molar-refractivity contribution in [3.05, 3.63) is 35.9 Å². The molecule has 28 heavy (non-hydrogen) atoms. The Morgan fingerprint density at radius 3 is 2.11 bits per heavy atom. The van der Waals surface area contributed by atoms with Crippen molar-refractivity contribution in [2.45, 2.75) is 71.8 Å². The highest BCUT2D eigenvalue weighted by molar-refractivity contribution is 5.86. The van der Waals surface area contributed by atoms with E-state index in [9.17, 15) is 14.4 Å². The van der Waals surface area contributed by atoms with E-state index in [-0.39, 0.29) is 6.61 Å². The summed E-state index contributed by atoms with van der Waals surface area (Å²) in [5.74, 6) is -1.62. The quantitative estimate of drug-likeness (QED) is 0.429. The molecule has 0 aliphatic heterocycles. The number of carbonyl (C=O) groups is 3. The van der Waals surface area contributed by atoms with Crippen LogP contribution in [0.5, 0.6) is 0 Å². The van der Waals surface area contributed by atoms with Gasteiger partial charge < -0.3 is 14.8 Å². The Balaban J connectivity index is 2.73. The first-order chi connectivity index (χ1) is 12.9. The van der Waals surface area contributed by atoms with E-state index in [1.54, 1.807) is 65.8 Å². The van der Waals surface area contributed by atoms with Crippen LogP contribution >= 0.6 is 0 Å². The van der Waals surface area contributed by atoms with Gasteiger partial charge in [-0.2, -0.15) is 4.89 Å². The highest BCUT2D eigenvalue weighted by atomic mass is 17.2. The fraction of sp³-hybridized carbons (Fsp3) is 0.550. The molecule has 0 aliphatic rings. The lowest BCUT2D eigenvalue weighted by Crippen LogP contribution is -2.45. The third kappa shape index (κ3) is 10.5. The molecule has 0 bridgehead atoms. The molecule has 8 nitrogen and oxygen atoms in total. The molecular weight excluding hydrogens is 366 g/mol. The lowest BCUT2D eigenvalue weighted by atomic mass is 10.2. The summed E-state index contributed by atoms with van der Waals surface area (Å²) in [5, 5.41) is 2.35. The Bertz CT molecular complexity index is 659. The molecular formula is C20H29NO7. The number of hydrogen-bond donors (Lipinski definition) is 1. The average molecular weight is 395 g/mol. The van der Waals surface area contributed by atoms with Gasteiger partial charge in [0, 0.05) is 0 Å². The standard InChI is InChI=1S/C20H29NO7/c1-19(2,3)26-18(24)21-15(12-16(22)27-28-20(4,5)6)17(23)25-13-14-10-8-7-9-11-14/h7-11,15H,12-13H2,1-6H3,(H,21,24)/t15-/m0/s1. The zero-order valence-electron chi connectivity index (χ0n) is 17.2. The minimum absolute atomic E-state index is 0.000287. The van der Waals surface area contributed by atoms with E-state index in [0.29, 0.717) is 0 Å². The van der Waals surface area contributed by atoms with Gasteiger partial charge in [0.05, 0.1) is 6.42 Å². The molecule has 1 rings (SSSR count). The maximum Gasteiger partial charge on any atom is 0.408 e. The van der Waals surface area contributed by atoms with E-state index in [1.807, 2.05) is 6.07 Å². The Labute approximate surface area is 165 Å². The monoisotopic (exact) mass is 395 g/mol. The smallest absolute Gasteiger partial charge is 0.408 e. The topological polar surface area (TPSA) is 100 Å². The minimum atomic E-state index is -1.28. The van der Waals surface area contributed by atoms with Crippen LogP contribution in [0.15, 0.2) is 30.3 Å². The molecule has 156 valence electrons. The second-order valence-corrected chi connectivity index (χ2v) is 8.15. The molecule has 1 aromatic rings. The van der Waals surface area contributed by atoms with Gasteiger partial charge >= 0.3 is 18.0 Å². The van der Waals surface area contributed by atoms with Crippen molar-refractivity contribution < 1.29 is 33.6 Å². The fourth-order valence-corrected chi connectivity index (χ4v) is 1.84. The summed E-state index contributed by atoms with van der Waals surface area (Å²) >= 11 is 0. The third-order valence-corrected chi connectivity index (χ3v) is 2.95. The number of ether oxygens (including phenoxy) is 2. The summed E-state index contributed by atoms with van der Waals surface area (Å²) in [6, 6.07) is 7.74. The Kier molecular flexibility index (Phi) is 8.43. The number of rotatable bonds is 7. The third-order valence-electron chi connectivity index (χ3n) is 2.95. The van der Waals surface area contributed by atoms with E-state index in [1.165, 1.54) is 0 Å². The molecule has 0 unspecified atom stereocenters.